The highest BCUT2D eigenvalue weighted by atomic mass is 16.7. The monoisotopic (exact) mass is 890 g/mol. The van der Waals surface area contributed by atoms with Gasteiger partial charge in [0, 0.05) is 6.42 Å². The molecule has 368 valence electrons. The van der Waals surface area contributed by atoms with Gasteiger partial charge in [-0.2, -0.15) is 0 Å². The number of hydrogen-bond donors (Lipinski definition) is 6. The van der Waals surface area contributed by atoms with E-state index in [-0.39, 0.29) is 12.5 Å². The van der Waals surface area contributed by atoms with Crippen LogP contribution in [0.2, 0.25) is 0 Å². The zero-order valence-electron chi connectivity index (χ0n) is 40.6. The van der Waals surface area contributed by atoms with Gasteiger partial charge in [-0.1, -0.05) is 217 Å². The van der Waals surface area contributed by atoms with Crippen LogP contribution in [0.4, 0.5) is 0 Å². The third kappa shape index (κ3) is 34.2. The Hall–Kier alpha value is -1.85. The Kier molecular flexibility index (Phi) is 41.3. The summed E-state index contributed by atoms with van der Waals surface area (Å²) in [4.78, 5) is 13.0. The molecule has 1 rings (SSSR count). The standard InChI is InChI=1S/C54H99NO8/c1-3-5-7-9-11-13-15-17-19-20-21-22-23-24-25-26-27-28-29-30-31-33-35-37-39-41-43-48(57)47(46-62-54-53(61)52(60)51(59)49(45-56)63-54)55-50(58)44-42-40-38-36-34-32-18-16-14-12-10-8-6-4-2/h10,12,16,18,33,35,41,43,47-49,51-54,56-57,59-61H,3-9,11,13-15,17,19-32,34,36-40,42,44-46H2,1-2H3,(H,55,58)/b12-10-,18-16-,35-33+,43-41+. The summed E-state index contributed by atoms with van der Waals surface area (Å²) in [6, 6.07) is -0.829. The SMILES string of the molecule is CCCC/C=C\C/C=C\CCCCCCCC(=O)NC(COC1OC(CO)C(O)C(O)C1O)C(O)/C=C/CC/C=C/CCCCCCCCCCCCCCCCCCCCCC. The third-order valence-electron chi connectivity index (χ3n) is 12.4. The van der Waals surface area contributed by atoms with Crippen LogP contribution >= 0.6 is 0 Å². The molecule has 7 unspecified atom stereocenters. The number of aliphatic hydroxyl groups is 5. The molecule has 1 saturated heterocycles. The molecule has 6 N–H and O–H groups in total. The van der Waals surface area contributed by atoms with Crippen molar-refractivity contribution in [3.05, 3.63) is 48.6 Å². The molecule has 1 fully saturated rings. The van der Waals surface area contributed by atoms with Crippen molar-refractivity contribution in [2.75, 3.05) is 13.2 Å². The number of aliphatic hydroxyl groups excluding tert-OH is 5. The maximum absolute atomic E-state index is 13.0. The average molecular weight is 890 g/mol. The lowest BCUT2D eigenvalue weighted by molar-refractivity contribution is -0.302. The van der Waals surface area contributed by atoms with E-state index in [9.17, 15) is 30.3 Å². The van der Waals surface area contributed by atoms with E-state index in [2.05, 4.69) is 55.6 Å². The first-order chi connectivity index (χ1) is 30.8. The van der Waals surface area contributed by atoms with Crippen molar-refractivity contribution in [3.63, 3.8) is 0 Å². The summed E-state index contributed by atoms with van der Waals surface area (Å²) in [5.74, 6) is -0.201. The molecule has 0 spiro atoms. The number of rotatable bonds is 44. The van der Waals surface area contributed by atoms with E-state index in [0.29, 0.717) is 6.42 Å². The Morgan fingerprint density at radius 2 is 0.968 bits per heavy atom. The van der Waals surface area contributed by atoms with E-state index in [1.807, 2.05) is 6.08 Å². The molecule has 9 nitrogen and oxygen atoms in total. The molecular formula is C54H99NO8. The minimum absolute atomic E-state index is 0.201. The van der Waals surface area contributed by atoms with Crippen LogP contribution in [0.25, 0.3) is 0 Å². The minimum atomic E-state index is -1.58. The van der Waals surface area contributed by atoms with Crippen LogP contribution in [0.3, 0.4) is 0 Å². The van der Waals surface area contributed by atoms with Gasteiger partial charge < -0.3 is 40.3 Å². The van der Waals surface area contributed by atoms with Crippen molar-refractivity contribution < 1.29 is 39.8 Å². The van der Waals surface area contributed by atoms with Crippen molar-refractivity contribution in [2.45, 2.75) is 275 Å². The van der Waals surface area contributed by atoms with E-state index in [1.165, 1.54) is 141 Å². The highest BCUT2D eigenvalue weighted by molar-refractivity contribution is 5.76. The molecule has 1 aliphatic rings. The van der Waals surface area contributed by atoms with Crippen molar-refractivity contribution in [1.29, 1.82) is 0 Å². The topological polar surface area (TPSA) is 149 Å². The van der Waals surface area contributed by atoms with Gasteiger partial charge in [-0.15, -0.1) is 0 Å². The number of nitrogens with one attached hydrogen (secondary N) is 1. The lowest BCUT2D eigenvalue weighted by Gasteiger charge is -2.40. The maximum atomic E-state index is 13.0. The van der Waals surface area contributed by atoms with Gasteiger partial charge in [0.15, 0.2) is 6.29 Å². The van der Waals surface area contributed by atoms with Crippen LogP contribution in [0.15, 0.2) is 48.6 Å². The van der Waals surface area contributed by atoms with E-state index < -0.39 is 49.5 Å². The number of amides is 1. The predicted molar refractivity (Wildman–Crippen MR) is 263 cm³/mol. The van der Waals surface area contributed by atoms with Crippen molar-refractivity contribution in [2.24, 2.45) is 0 Å². The number of carbonyl (C=O) groups excluding carboxylic acids is 1. The molecule has 0 aromatic rings. The van der Waals surface area contributed by atoms with Gasteiger partial charge in [0.2, 0.25) is 5.91 Å². The zero-order valence-corrected chi connectivity index (χ0v) is 40.6. The van der Waals surface area contributed by atoms with E-state index in [1.54, 1.807) is 6.08 Å². The number of ether oxygens (including phenoxy) is 2. The molecule has 9 heteroatoms. The molecule has 63 heavy (non-hydrogen) atoms. The Morgan fingerprint density at radius 3 is 1.48 bits per heavy atom. The smallest absolute Gasteiger partial charge is 0.220 e. The van der Waals surface area contributed by atoms with Gasteiger partial charge in [0.1, 0.15) is 24.4 Å². The van der Waals surface area contributed by atoms with Gasteiger partial charge in [0.25, 0.3) is 0 Å². The third-order valence-corrected chi connectivity index (χ3v) is 12.4. The molecule has 0 bridgehead atoms. The summed E-state index contributed by atoms with van der Waals surface area (Å²) in [6.45, 7) is 3.72. The van der Waals surface area contributed by atoms with Crippen LogP contribution in [-0.2, 0) is 14.3 Å². The molecule has 0 saturated carbocycles. The van der Waals surface area contributed by atoms with Crippen molar-refractivity contribution in [3.8, 4) is 0 Å². The van der Waals surface area contributed by atoms with Crippen LogP contribution in [0.1, 0.15) is 232 Å². The van der Waals surface area contributed by atoms with E-state index >= 15 is 0 Å². The largest absolute Gasteiger partial charge is 0.394 e. The average Bonchev–Trinajstić information content (AvgIpc) is 3.28. The highest BCUT2D eigenvalue weighted by Gasteiger charge is 2.44. The number of hydrogen-bond acceptors (Lipinski definition) is 8. The van der Waals surface area contributed by atoms with Crippen LogP contribution < -0.4 is 5.32 Å². The molecule has 1 amide bonds. The van der Waals surface area contributed by atoms with Gasteiger partial charge in [-0.25, -0.2) is 0 Å². The number of carbonyl (C=O) groups is 1. The molecule has 0 aromatic carbocycles. The fraction of sp³-hybridized carbons (Fsp3) is 0.833. The molecule has 0 radical (unpaired) electrons. The second-order valence-electron chi connectivity index (χ2n) is 18.3. The predicted octanol–water partition coefficient (Wildman–Crippen LogP) is 12.2. The van der Waals surface area contributed by atoms with Gasteiger partial charge in [0.05, 0.1) is 25.4 Å². The van der Waals surface area contributed by atoms with Gasteiger partial charge in [-0.3, -0.25) is 4.79 Å². The van der Waals surface area contributed by atoms with E-state index in [4.69, 9.17) is 9.47 Å². The summed E-state index contributed by atoms with van der Waals surface area (Å²) >= 11 is 0. The van der Waals surface area contributed by atoms with Crippen LogP contribution in [-0.4, -0.2) is 87.5 Å². The summed E-state index contributed by atoms with van der Waals surface area (Å²) in [5.41, 5.74) is 0. The van der Waals surface area contributed by atoms with Crippen molar-refractivity contribution >= 4 is 5.91 Å². The lowest BCUT2D eigenvalue weighted by Crippen LogP contribution is -2.60. The maximum Gasteiger partial charge on any atom is 0.220 e. The summed E-state index contributed by atoms with van der Waals surface area (Å²) in [5, 5.41) is 54.3. The normalized spacial score (nSPS) is 20.5. The Bertz CT molecular complexity index is 1130. The summed E-state index contributed by atoms with van der Waals surface area (Å²) in [7, 11) is 0. The fourth-order valence-corrected chi connectivity index (χ4v) is 8.13. The molecule has 7 atom stereocenters. The first-order valence-corrected chi connectivity index (χ1v) is 26.4. The molecule has 0 aromatic heterocycles. The van der Waals surface area contributed by atoms with Crippen LogP contribution in [0, 0.1) is 0 Å². The summed E-state index contributed by atoms with van der Waals surface area (Å²) < 4.78 is 11.2. The Morgan fingerprint density at radius 1 is 0.540 bits per heavy atom. The van der Waals surface area contributed by atoms with Crippen molar-refractivity contribution in [1.82, 2.24) is 5.32 Å². The van der Waals surface area contributed by atoms with Crippen LogP contribution in [0.5, 0.6) is 0 Å². The Labute approximate surface area is 386 Å². The Balaban J connectivity index is 2.27. The second kappa shape index (κ2) is 44.0. The first-order valence-electron chi connectivity index (χ1n) is 26.4. The number of unbranched alkanes of at least 4 members (excludes halogenated alkanes) is 28. The molecular weight excluding hydrogens is 791 g/mol. The van der Waals surface area contributed by atoms with Gasteiger partial charge >= 0.3 is 0 Å². The fourth-order valence-electron chi connectivity index (χ4n) is 8.13. The zero-order chi connectivity index (χ0) is 45.9. The van der Waals surface area contributed by atoms with Gasteiger partial charge in [-0.05, 0) is 57.8 Å². The number of allylic oxidation sites excluding steroid dienone is 7. The molecule has 0 aliphatic carbocycles. The quantitative estimate of drug-likeness (QED) is 0.0262. The molecule has 1 aliphatic heterocycles. The second-order valence-corrected chi connectivity index (χ2v) is 18.3. The highest BCUT2D eigenvalue weighted by Crippen LogP contribution is 2.23. The lowest BCUT2D eigenvalue weighted by atomic mass is 9.99. The van der Waals surface area contributed by atoms with E-state index in [0.717, 1.165) is 70.6 Å². The minimum Gasteiger partial charge on any atom is -0.394 e. The first kappa shape index (κ1) is 59.2. The molecule has 1 heterocycles. The summed E-state index contributed by atoms with van der Waals surface area (Å²) in [6.07, 6.45) is 50.3.